The van der Waals surface area contributed by atoms with E-state index in [4.69, 9.17) is 4.52 Å². The predicted octanol–water partition coefficient (Wildman–Crippen LogP) is 4.39. The number of sulfonamides is 1. The van der Waals surface area contributed by atoms with Gasteiger partial charge in [0.15, 0.2) is 10.7 Å². The van der Waals surface area contributed by atoms with E-state index in [1.165, 1.54) is 33.8 Å². The number of nitrogens with zero attached hydrogens (tertiary/aromatic N) is 2. The Morgan fingerprint density at radius 2 is 2.03 bits per heavy atom. The maximum atomic E-state index is 13.3. The second kappa shape index (κ2) is 9.35. The first-order chi connectivity index (χ1) is 15.3. The number of anilines is 1. The van der Waals surface area contributed by atoms with Gasteiger partial charge in [0.2, 0.25) is 15.9 Å². The number of aryl methyl sites for hydroxylation is 1. The van der Waals surface area contributed by atoms with E-state index in [-0.39, 0.29) is 35.6 Å². The van der Waals surface area contributed by atoms with Gasteiger partial charge in [-0.3, -0.25) is 4.79 Å². The Morgan fingerprint density at radius 3 is 2.72 bits per heavy atom. The van der Waals surface area contributed by atoms with Crippen LogP contribution in [-0.2, 0) is 14.8 Å². The molecule has 1 N–H and O–H groups in total. The van der Waals surface area contributed by atoms with Crippen molar-refractivity contribution >= 4 is 45.1 Å². The summed E-state index contributed by atoms with van der Waals surface area (Å²) in [5.41, 5.74) is 0.675. The number of amides is 1. The molecule has 1 fully saturated rings. The maximum absolute atomic E-state index is 13.3. The van der Waals surface area contributed by atoms with Crippen molar-refractivity contribution in [3.8, 4) is 0 Å². The summed E-state index contributed by atoms with van der Waals surface area (Å²) in [6.07, 6.45) is 4.13. The topological polar surface area (TPSA) is 92.5 Å². The summed E-state index contributed by atoms with van der Waals surface area (Å²) >= 11 is 1.53. The summed E-state index contributed by atoms with van der Waals surface area (Å²) in [5, 5.41) is 8.48. The summed E-state index contributed by atoms with van der Waals surface area (Å²) in [4.78, 5) is 13.5. The van der Waals surface area contributed by atoms with Gasteiger partial charge in [-0.25, -0.2) is 12.8 Å². The second-order valence-electron chi connectivity index (χ2n) is 7.49. The van der Waals surface area contributed by atoms with Gasteiger partial charge >= 0.3 is 0 Å². The van der Waals surface area contributed by atoms with Crippen LogP contribution in [0.2, 0.25) is 0 Å². The number of rotatable bonds is 6. The molecule has 7 nitrogen and oxygen atoms in total. The van der Waals surface area contributed by atoms with Crippen LogP contribution in [0.25, 0.3) is 12.2 Å². The molecular formula is C22H22FN3O4S2. The second-order valence-corrected chi connectivity index (χ2v) is 10.3. The van der Waals surface area contributed by atoms with Gasteiger partial charge in [0, 0.05) is 29.6 Å². The Bertz CT molecular complexity index is 1230. The molecule has 0 atom stereocenters. The highest BCUT2D eigenvalue weighted by Crippen LogP contribution is 2.30. The minimum Gasteiger partial charge on any atom is -0.355 e. The van der Waals surface area contributed by atoms with Crippen molar-refractivity contribution in [3.63, 3.8) is 0 Å². The van der Waals surface area contributed by atoms with Crippen LogP contribution in [0.15, 0.2) is 51.2 Å². The largest absolute Gasteiger partial charge is 0.355 e. The molecule has 2 aromatic heterocycles. The standard InChI is InChI=1S/C22H22FN3O4S2/c1-15-21(20(30-25-15)8-7-19-6-3-13-31-19)32(28,29)26-11-9-16(10-12-26)22(27)24-18-5-2-4-17(23)14-18/h2-8,13-14,16H,9-12H2,1H3,(H,24,27)/b8-7+. The van der Waals surface area contributed by atoms with Crippen molar-refractivity contribution in [2.75, 3.05) is 18.4 Å². The van der Waals surface area contributed by atoms with Crippen LogP contribution in [-0.4, -0.2) is 36.9 Å². The van der Waals surface area contributed by atoms with Crippen molar-refractivity contribution in [2.45, 2.75) is 24.7 Å². The third kappa shape index (κ3) is 4.82. The number of thiophene rings is 1. The van der Waals surface area contributed by atoms with E-state index in [1.54, 1.807) is 25.1 Å². The summed E-state index contributed by atoms with van der Waals surface area (Å²) in [5.74, 6) is -0.849. The molecule has 0 radical (unpaired) electrons. The third-order valence-electron chi connectivity index (χ3n) is 5.29. The molecule has 1 amide bonds. The molecule has 1 aromatic carbocycles. The lowest BCUT2D eigenvalue weighted by Gasteiger charge is -2.30. The lowest BCUT2D eigenvalue weighted by atomic mass is 9.97. The van der Waals surface area contributed by atoms with E-state index < -0.39 is 15.8 Å². The first kappa shape index (κ1) is 22.4. The van der Waals surface area contributed by atoms with Crippen molar-refractivity contribution in [3.05, 3.63) is 63.9 Å². The first-order valence-electron chi connectivity index (χ1n) is 10.1. The first-order valence-corrected chi connectivity index (χ1v) is 12.4. The van der Waals surface area contributed by atoms with Crippen molar-refractivity contribution in [1.82, 2.24) is 9.46 Å². The smallest absolute Gasteiger partial charge is 0.248 e. The van der Waals surface area contributed by atoms with Crippen molar-refractivity contribution in [2.24, 2.45) is 5.92 Å². The molecule has 0 saturated carbocycles. The average molecular weight is 476 g/mol. The Kier molecular flexibility index (Phi) is 6.54. The molecule has 4 rings (SSSR count). The molecule has 0 unspecified atom stereocenters. The number of hydrogen-bond donors (Lipinski definition) is 1. The molecule has 32 heavy (non-hydrogen) atoms. The van der Waals surface area contributed by atoms with Gasteiger partial charge in [-0.15, -0.1) is 11.3 Å². The molecule has 10 heteroatoms. The number of carbonyl (C=O) groups is 1. The van der Waals surface area contributed by atoms with E-state index in [1.807, 2.05) is 17.5 Å². The van der Waals surface area contributed by atoms with E-state index in [0.717, 1.165) is 4.88 Å². The average Bonchev–Trinajstić information content (AvgIpc) is 3.42. The van der Waals surface area contributed by atoms with Gasteiger partial charge in [-0.2, -0.15) is 4.31 Å². The zero-order valence-electron chi connectivity index (χ0n) is 17.3. The van der Waals surface area contributed by atoms with Crippen LogP contribution in [0.3, 0.4) is 0 Å². The van der Waals surface area contributed by atoms with Crippen molar-refractivity contribution < 1.29 is 22.1 Å². The molecule has 0 aliphatic carbocycles. The van der Waals surface area contributed by atoms with E-state index in [2.05, 4.69) is 10.5 Å². The van der Waals surface area contributed by atoms with Gasteiger partial charge in [0.25, 0.3) is 0 Å². The van der Waals surface area contributed by atoms with Gasteiger partial charge in [-0.1, -0.05) is 17.3 Å². The SMILES string of the molecule is Cc1noc(/C=C/c2cccs2)c1S(=O)(=O)N1CCC(C(=O)Nc2cccc(F)c2)CC1. The lowest BCUT2D eigenvalue weighted by molar-refractivity contribution is -0.120. The highest BCUT2D eigenvalue weighted by Gasteiger charge is 2.35. The fourth-order valence-corrected chi connectivity index (χ4v) is 5.98. The van der Waals surface area contributed by atoms with Gasteiger partial charge in [-0.05, 0) is 61.6 Å². The number of hydrogen-bond acceptors (Lipinski definition) is 6. The molecule has 0 spiro atoms. The fraction of sp³-hybridized carbons (Fsp3) is 0.273. The van der Waals surface area contributed by atoms with Gasteiger partial charge in [0.05, 0.1) is 0 Å². The van der Waals surface area contributed by atoms with Crippen LogP contribution in [0, 0.1) is 18.7 Å². The Labute approximate surface area is 189 Å². The number of halogens is 1. The quantitative estimate of drug-likeness (QED) is 0.571. The normalized spacial score (nSPS) is 15.9. The fourth-order valence-electron chi connectivity index (χ4n) is 3.64. The van der Waals surface area contributed by atoms with E-state index >= 15 is 0 Å². The van der Waals surface area contributed by atoms with Gasteiger partial charge < -0.3 is 9.84 Å². The highest BCUT2D eigenvalue weighted by atomic mass is 32.2. The van der Waals surface area contributed by atoms with Gasteiger partial charge in [0.1, 0.15) is 11.5 Å². The minimum absolute atomic E-state index is 0.0490. The Morgan fingerprint density at radius 1 is 1.25 bits per heavy atom. The highest BCUT2D eigenvalue weighted by molar-refractivity contribution is 7.89. The minimum atomic E-state index is -3.84. The number of aromatic nitrogens is 1. The van der Waals surface area contributed by atoms with E-state index in [9.17, 15) is 17.6 Å². The molecule has 1 saturated heterocycles. The summed E-state index contributed by atoms with van der Waals surface area (Å²) in [7, 11) is -3.84. The molecule has 168 valence electrons. The summed E-state index contributed by atoms with van der Waals surface area (Å²) in [6, 6.07) is 9.50. The molecule has 0 bridgehead atoms. The molecule has 3 heterocycles. The summed E-state index contributed by atoms with van der Waals surface area (Å²) < 4.78 is 46.6. The summed E-state index contributed by atoms with van der Waals surface area (Å²) in [6.45, 7) is 1.99. The number of benzene rings is 1. The van der Waals surface area contributed by atoms with E-state index in [0.29, 0.717) is 24.2 Å². The zero-order chi connectivity index (χ0) is 22.7. The van der Waals surface area contributed by atoms with Crippen molar-refractivity contribution in [1.29, 1.82) is 0 Å². The predicted molar refractivity (Wildman–Crippen MR) is 121 cm³/mol. The number of piperidine rings is 1. The monoisotopic (exact) mass is 475 g/mol. The molecule has 1 aliphatic heterocycles. The molecule has 1 aliphatic rings. The zero-order valence-corrected chi connectivity index (χ0v) is 19.0. The van der Waals surface area contributed by atoms with Crippen LogP contribution >= 0.6 is 11.3 Å². The molecular weight excluding hydrogens is 453 g/mol. The third-order valence-corrected chi connectivity index (χ3v) is 8.19. The molecule has 3 aromatic rings. The number of carbonyl (C=O) groups excluding carboxylic acids is 1. The van der Waals surface area contributed by atoms with Crippen LogP contribution in [0.4, 0.5) is 10.1 Å². The van der Waals surface area contributed by atoms with Crippen LogP contribution in [0.5, 0.6) is 0 Å². The maximum Gasteiger partial charge on any atom is 0.248 e. The van der Waals surface area contributed by atoms with Crippen LogP contribution in [0.1, 0.15) is 29.2 Å². The Balaban J connectivity index is 1.44. The lowest BCUT2D eigenvalue weighted by Crippen LogP contribution is -2.41. The Hall–Kier alpha value is -2.82. The van der Waals surface area contributed by atoms with Crippen LogP contribution < -0.4 is 5.32 Å². The number of nitrogens with one attached hydrogen (secondary N) is 1.